The number of fused-ring (bicyclic) bond motifs is 1. The van der Waals surface area contributed by atoms with Crippen LogP contribution in [0, 0.1) is 11.3 Å². The molecular weight excluding hydrogens is 347 g/mol. The number of carbonyl (C=O) groups excluding carboxylic acids is 1. The number of hydrogen-bond acceptors (Lipinski definition) is 4. The number of alkyl halides is 3. The first kappa shape index (κ1) is 17.9. The molecule has 0 unspecified atom stereocenters. The van der Waals surface area contributed by atoms with E-state index in [0.29, 0.717) is 13.1 Å². The lowest BCUT2D eigenvalue weighted by Gasteiger charge is -2.25. The van der Waals surface area contributed by atoms with Gasteiger partial charge in [-0.1, -0.05) is 0 Å². The number of benzene rings is 1. The maximum absolute atomic E-state index is 13.1. The summed E-state index contributed by atoms with van der Waals surface area (Å²) in [7, 11) is 0. The Bertz CT molecular complexity index is 887. The lowest BCUT2D eigenvalue weighted by molar-refractivity contribution is -0.137. The summed E-state index contributed by atoms with van der Waals surface area (Å²) in [5.74, 6) is -0.510. The fourth-order valence-corrected chi connectivity index (χ4v) is 2.69. The van der Waals surface area contributed by atoms with Gasteiger partial charge in [0.15, 0.2) is 0 Å². The van der Waals surface area contributed by atoms with Crippen molar-refractivity contribution in [3.8, 4) is 6.07 Å². The quantitative estimate of drug-likeness (QED) is 0.878. The Labute approximate surface area is 147 Å². The Kier molecular flexibility index (Phi) is 4.24. The molecule has 26 heavy (non-hydrogen) atoms. The average Bonchev–Trinajstić information content (AvgIpc) is 3.15. The van der Waals surface area contributed by atoms with Crippen LogP contribution in [0.25, 0.3) is 0 Å². The van der Waals surface area contributed by atoms with Crippen LogP contribution in [0.5, 0.6) is 0 Å². The molecule has 1 aromatic heterocycles. The van der Waals surface area contributed by atoms with Crippen LogP contribution < -0.4 is 10.6 Å². The monoisotopic (exact) mass is 363 g/mol. The molecule has 0 spiro atoms. The van der Waals surface area contributed by atoms with Crippen molar-refractivity contribution >= 4 is 11.6 Å². The van der Waals surface area contributed by atoms with E-state index in [2.05, 4.69) is 15.7 Å². The zero-order valence-corrected chi connectivity index (χ0v) is 14.1. The Hall–Kier alpha value is -2.86. The number of rotatable bonds is 3. The standard InChI is InChI=1S/C17H16F3N5O/c1-16(2,25-9-11-7-22-8-14(11)24-25)15(26)23-12-4-3-10(6-21)13(5-12)17(18,19)20/h3-5,9,22H,7-8H2,1-2H3,(H,23,26). The van der Waals surface area contributed by atoms with E-state index >= 15 is 0 Å². The summed E-state index contributed by atoms with van der Waals surface area (Å²) >= 11 is 0. The van der Waals surface area contributed by atoms with Crippen LogP contribution >= 0.6 is 0 Å². The van der Waals surface area contributed by atoms with Crippen molar-refractivity contribution in [2.24, 2.45) is 0 Å². The average molecular weight is 363 g/mol. The van der Waals surface area contributed by atoms with Gasteiger partial charge in [-0.3, -0.25) is 9.48 Å². The van der Waals surface area contributed by atoms with Crippen molar-refractivity contribution in [2.75, 3.05) is 5.32 Å². The zero-order chi connectivity index (χ0) is 19.1. The van der Waals surface area contributed by atoms with Crippen molar-refractivity contribution in [1.82, 2.24) is 15.1 Å². The van der Waals surface area contributed by atoms with Crippen LogP contribution in [0.3, 0.4) is 0 Å². The molecule has 0 bridgehead atoms. The zero-order valence-electron chi connectivity index (χ0n) is 14.1. The van der Waals surface area contributed by atoms with Gasteiger partial charge in [0.05, 0.1) is 22.9 Å². The number of hydrogen-bond donors (Lipinski definition) is 2. The largest absolute Gasteiger partial charge is 0.417 e. The molecule has 0 atom stereocenters. The first-order valence-corrected chi connectivity index (χ1v) is 7.84. The first-order valence-electron chi connectivity index (χ1n) is 7.84. The molecule has 0 saturated heterocycles. The second kappa shape index (κ2) is 6.14. The number of anilines is 1. The maximum atomic E-state index is 13.1. The predicted molar refractivity (Wildman–Crippen MR) is 86.9 cm³/mol. The summed E-state index contributed by atoms with van der Waals surface area (Å²) < 4.78 is 40.7. The highest BCUT2D eigenvalue weighted by Gasteiger charge is 2.35. The molecule has 0 fully saturated rings. The molecule has 9 heteroatoms. The van der Waals surface area contributed by atoms with Crippen LogP contribution in [0.2, 0.25) is 0 Å². The van der Waals surface area contributed by atoms with Gasteiger partial charge in [0.2, 0.25) is 0 Å². The highest BCUT2D eigenvalue weighted by Crippen LogP contribution is 2.34. The van der Waals surface area contributed by atoms with Gasteiger partial charge in [-0.05, 0) is 32.0 Å². The van der Waals surface area contributed by atoms with E-state index in [1.165, 1.54) is 16.8 Å². The smallest absolute Gasteiger partial charge is 0.324 e. The Morgan fingerprint density at radius 3 is 2.69 bits per heavy atom. The molecule has 6 nitrogen and oxygen atoms in total. The fraction of sp³-hybridized carbons (Fsp3) is 0.353. The molecule has 2 aromatic rings. The van der Waals surface area contributed by atoms with Gasteiger partial charge >= 0.3 is 6.18 Å². The third kappa shape index (κ3) is 3.15. The molecular formula is C17H16F3N5O. The third-order valence-electron chi connectivity index (χ3n) is 4.32. The molecule has 1 amide bonds. The number of nitrogens with one attached hydrogen (secondary N) is 2. The Balaban J connectivity index is 1.86. The Morgan fingerprint density at radius 1 is 1.35 bits per heavy atom. The summed E-state index contributed by atoms with van der Waals surface area (Å²) in [6, 6.07) is 4.59. The van der Waals surface area contributed by atoms with Crippen LogP contribution in [-0.4, -0.2) is 15.7 Å². The van der Waals surface area contributed by atoms with Gasteiger partial charge in [-0.2, -0.15) is 23.5 Å². The van der Waals surface area contributed by atoms with E-state index in [-0.39, 0.29) is 5.69 Å². The minimum atomic E-state index is -4.68. The minimum Gasteiger partial charge on any atom is -0.324 e. The number of carbonyl (C=O) groups is 1. The highest BCUT2D eigenvalue weighted by molar-refractivity contribution is 5.96. The third-order valence-corrected chi connectivity index (χ3v) is 4.32. The van der Waals surface area contributed by atoms with Crippen LogP contribution in [0.1, 0.15) is 36.2 Å². The normalized spacial score (nSPS) is 14.0. The maximum Gasteiger partial charge on any atom is 0.417 e. The minimum absolute atomic E-state index is 0.0317. The molecule has 3 rings (SSSR count). The Morgan fingerprint density at radius 2 is 2.08 bits per heavy atom. The number of nitriles is 1. The SMILES string of the molecule is CC(C)(C(=O)Nc1ccc(C#N)c(C(F)(F)F)c1)n1cc2c(n1)CNC2. The second-order valence-corrected chi connectivity index (χ2v) is 6.53. The number of amides is 1. The number of nitrogens with zero attached hydrogens (tertiary/aromatic N) is 3. The van der Waals surface area contributed by atoms with Crippen molar-refractivity contribution in [3.63, 3.8) is 0 Å². The topological polar surface area (TPSA) is 82.7 Å². The van der Waals surface area contributed by atoms with Crippen molar-refractivity contribution in [1.29, 1.82) is 5.26 Å². The molecule has 0 aliphatic carbocycles. The van der Waals surface area contributed by atoms with E-state index in [1.807, 2.05) is 0 Å². The molecule has 2 N–H and O–H groups in total. The van der Waals surface area contributed by atoms with Crippen LogP contribution in [-0.2, 0) is 29.6 Å². The summed E-state index contributed by atoms with van der Waals surface area (Å²) in [4.78, 5) is 12.6. The van der Waals surface area contributed by atoms with Gasteiger partial charge in [0.25, 0.3) is 5.91 Å². The lowest BCUT2D eigenvalue weighted by Crippen LogP contribution is -2.41. The molecule has 0 saturated carbocycles. The van der Waals surface area contributed by atoms with Gasteiger partial charge in [-0.15, -0.1) is 0 Å². The van der Waals surface area contributed by atoms with Gasteiger partial charge in [0.1, 0.15) is 5.54 Å². The number of halogens is 3. The predicted octanol–water partition coefficient (Wildman–Crippen LogP) is 2.75. The van der Waals surface area contributed by atoms with E-state index in [9.17, 15) is 18.0 Å². The molecule has 1 aliphatic rings. The van der Waals surface area contributed by atoms with Crippen molar-refractivity contribution in [2.45, 2.75) is 38.7 Å². The van der Waals surface area contributed by atoms with E-state index in [4.69, 9.17) is 5.26 Å². The first-order chi connectivity index (χ1) is 12.1. The summed E-state index contributed by atoms with van der Waals surface area (Å²) in [6.45, 7) is 4.54. The van der Waals surface area contributed by atoms with Crippen LogP contribution in [0.4, 0.5) is 18.9 Å². The highest BCUT2D eigenvalue weighted by atomic mass is 19.4. The number of aromatic nitrogens is 2. The van der Waals surface area contributed by atoms with Gasteiger partial charge < -0.3 is 10.6 Å². The summed E-state index contributed by atoms with van der Waals surface area (Å²) in [5.41, 5.74) is -0.870. The van der Waals surface area contributed by atoms with Crippen molar-refractivity contribution in [3.05, 3.63) is 46.8 Å². The molecule has 2 heterocycles. The van der Waals surface area contributed by atoms with E-state index in [1.54, 1.807) is 20.0 Å². The summed E-state index contributed by atoms with van der Waals surface area (Å²) in [6.07, 6.45) is -2.92. The lowest BCUT2D eigenvalue weighted by atomic mass is 10.0. The van der Waals surface area contributed by atoms with Crippen molar-refractivity contribution < 1.29 is 18.0 Å². The van der Waals surface area contributed by atoms with Crippen LogP contribution in [0.15, 0.2) is 24.4 Å². The molecule has 136 valence electrons. The molecule has 0 radical (unpaired) electrons. The van der Waals surface area contributed by atoms with Gasteiger partial charge in [0, 0.05) is 30.5 Å². The fourth-order valence-electron chi connectivity index (χ4n) is 2.69. The molecule has 1 aliphatic heterocycles. The van der Waals surface area contributed by atoms with E-state index < -0.39 is 28.7 Å². The summed E-state index contributed by atoms with van der Waals surface area (Å²) in [5, 5.41) is 18.8. The molecule has 1 aromatic carbocycles. The van der Waals surface area contributed by atoms with E-state index in [0.717, 1.165) is 23.4 Å². The van der Waals surface area contributed by atoms with Gasteiger partial charge in [-0.25, -0.2) is 0 Å². The second-order valence-electron chi connectivity index (χ2n) is 6.53.